The molecule has 0 bridgehead atoms. The van der Waals surface area contributed by atoms with E-state index in [0.29, 0.717) is 5.75 Å². The normalized spacial score (nSPS) is 10.2. The summed E-state index contributed by atoms with van der Waals surface area (Å²) in [7, 11) is 1.45. The van der Waals surface area contributed by atoms with Gasteiger partial charge in [0.15, 0.2) is 0 Å². The van der Waals surface area contributed by atoms with E-state index in [0.717, 1.165) is 0 Å². The summed E-state index contributed by atoms with van der Waals surface area (Å²) < 4.78 is 24.2. The van der Waals surface area contributed by atoms with Crippen molar-refractivity contribution in [2.24, 2.45) is 0 Å². The largest absolute Gasteiger partial charge is 0.497 e. The number of rotatable bonds is 5. The van der Waals surface area contributed by atoms with Crippen molar-refractivity contribution in [2.45, 2.75) is 6.61 Å². The number of aromatic carboxylic acids is 1. The van der Waals surface area contributed by atoms with Crippen molar-refractivity contribution in [1.82, 2.24) is 0 Å². The summed E-state index contributed by atoms with van der Waals surface area (Å²) in [6.07, 6.45) is 0. The van der Waals surface area contributed by atoms with Gasteiger partial charge in [0.2, 0.25) is 0 Å². The van der Waals surface area contributed by atoms with Crippen LogP contribution in [0.5, 0.6) is 11.5 Å². The van der Waals surface area contributed by atoms with E-state index in [2.05, 4.69) is 0 Å². The van der Waals surface area contributed by atoms with Crippen molar-refractivity contribution in [3.8, 4) is 11.5 Å². The molecule has 0 amide bonds. The van der Waals surface area contributed by atoms with Gasteiger partial charge in [0.1, 0.15) is 29.5 Å². The minimum atomic E-state index is -1.14. The zero-order chi connectivity index (χ0) is 15.4. The second kappa shape index (κ2) is 6.45. The average molecular weight is 311 g/mol. The summed E-state index contributed by atoms with van der Waals surface area (Å²) >= 11 is 5.68. The summed E-state index contributed by atoms with van der Waals surface area (Å²) in [6, 6.07) is 8.84. The van der Waals surface area contributed by atoms with Crippen molar-refractivity contribution in [1.29, 1.82) is 0 Å². The van der Waals surface area contributed by atoms with Crippen molar-refractivity contribution >= 4 is 17.6 Å². The molecule has 2 rings (SSSR count). The first-order chi connectivity index (χ1) is 10.0. The van der Waals surface area contributed by atoms with E-state index in [9.17, 15) is 9.18 Å². The maximum absolute atomic E-state index is 13.8. The molecule has 0 atom stereocenters. The fraction of sp³-hybridized carbons (Fsp3) is 0.133. The zero-order valence-corrected chi connectivity index (χ0v) is 11.9. The van der Waals surface area contributed by atoms with Crippen LogP contribution in [0.2, 0.25) is 5.02 Å². The van der Waals surface area contributed by atoms with Crippen LogP contribution < -0.4 is 9.47 Å². The van der Waals surface area contributed by atoms with Crippen molar-refractivity contribution in [3.63, 3.8) is 0 Å². The van der Waals surface area contributed by atoms with E-state index in [1.54, 1.807) is 6.07 Å². The summed E-state index contributed by atoms with van der Waals surface area (Å²) in [5.74, 6) is -1.18. The Bertz CT molecular complexity index is 673. The third kappa shape index (κ3) is 3.44. The Morgan fingerprint density at radius 3 is 2.76 bits per heavy atom. The van der Waals surface area contributed by atoms with Crippen LogP contribution in [-0.2, 0) is 6.61 Å². The Morgan fingerprint density at radius 1 is 1.33 bits per heavy atom. The van der Waals surface area contributed by atoms with Crippen molar-refractivity contribution in [2.75, 3.05) is 7.11 Å². The minimum Gasteiger partial charge on any atom is -0.497 e. The number of hydrogen-bond donors (Lipinski definition) is 1. The molecule has 0 radical (unpaired) electrons. The number of benzene rings is 2. The lowest BCUT2D eigenvalue weighted by molar-refractivity contribution is 0.0691. The van der Waals surface area contributed by atoms with Gasteiger partial charge in [0.25, 0.3) is 0 Å². The highest BCUT2D eigenvalue weighted by molar-refractivity contribution is 6.30. The van der Waals surface area contributed by atoms with Gasteiger partial charge < -0.3 is 14.6 Å². The van der Waals surface area contributed by atoms with Gasteiger partial charge in [-0.05, 0) is 18.2 Å². The first kappa shape index (κ1) is 15.1. The predicted octanol–water partition coefficient (Wildman–Crippen LogP) is 3.76. The number of methoxy groups -OCH3 is 1. The van der Waals surface area contributed by atoms with Gasteiger partial charge in [-0.2, -0.15) is 0 Å². The third-order valence-electron chi connectivity index (χ3n) is 2.83. The van der Waals surface area contributed by atoms with Gasteiger partial charge in [-0.25, -0.2) is 9.18 Å². The molecule has 0 saturated carbocycles. The lowest BCUT2D eigenvalue weighted by Crippen LogP contribution is -2.05. The zero-order valence-electron chi connectivity index (χ0n) is 11.1. The molecule has 0 unspecified atom stereocenters. The van der Waals surface area contributed by atoms with Crippen LogP contribution in [0.3, 0.4) is 0 Å². The molecule has 0 aliphatic rings. The molecule has 0 aliphatic heterocycles. The third-order valence-corrected chi connectivity index (χ3v) is 3.13. The fourth-order valence-electron chi connectivity index (χ4n) is 1.74. The van der Waals surface area contributed by atoms with E-state index < -0.39 is 11.8 Å². The highest BCUT2D eigenvalue weighted by Crippen LogP contribution is 2.26. The van der Waals surface area contributed by atoms with Crippen LogP contribution in [0.15, 0.2) is 36.4 Å². The molecule has 4 nitrogen and oxygen atoms in total. The van der Waals surface area contributed by atoms with E-state index >= 15 is 0 Å². The SMILES string of the molecule is COc1ccc(C(=O)O)c(OCc2cccc(Cl)c2F)c1. The van der Waals surface area contributed by atoms with Crippen LogP contribution in [0.1, 0.15) is 15.9 Å². The number of hydrogen-bond acceptors (Lipinski definition) is 3. The second-order valence-corrected chi connectivity index (χ2v) is 4.58. The lowest BCUT2D eigenvalue weighted by Gasteiger charge is -2.11. The Morgan fingerprint density at radius 2 is 2.10 bits per heavy atom. The predicted molar refractivity (Wildman–Crippen MR) is 75.7 cm³/mol. The van der Waals surface area contributed by atoms with Crippen molar-refractivity contribution < 1.29 is 23.8 Å². The van der Waals surface area contributed by atoms with Gasteiger partial charge >= 0.3 is 5.97 Å². The van der Waals surface area contributed by atoms with Crippen LogP contribution >= 0.6 is 11.6 Å². The highest BCUT2D eigenvalue weighted by atomic mass is 35.5. The Kier molecular flexibility index (Phi) is 4.65. The molecule has 1 N–H and O–H groups in total. The summed E-state index contributed by atoms with van der Waals surface area (Å²) in [5, 5.41) is 9.10. The summed E-state index contributed by atoms with van der Waals surface area (Å²) in [6.45, 7) is -0.139. The summed E-state index contributed by atoms with van der Waals surface area (Å²) in [5.41, 5.74) is 0.208. The first-order valence-corrected chi connectivity index (χ1v) is 6.37. The van der Waals surface area contributed by atoms with Crippen LogP contribution in [0.25, 0.3) is 0 Å². The number of halogens is 2. The van der Waals surface area contributed by atoms with Gasteiger partial charge in [0, 0.05) is 11.6 Å². The van der Waals surface area contributed by atoms with Gasteiger partial charge in [-0.1, -0.05) is 23.7 Å². The Hall–Kier alpha value is -2.27. The quantitative estimate of drug-likeness (QED) is 0.913. The molecular formula is C15H12ClFO4. The van der Waals surface area contributed by atoms with Gasteiger partial charge in [0.05, 0.1) is 12.1 Å². The molecule has 0 aromatic heterocycles. The molecule has 0 heterocycles. The topological polar surface area (TPSA) is 55.8 Å². The molecule has 0 aliphatic carbocycles. The van der Waals surface area contributed by atoms with E-state index in [1.807, 2.05) is 0 Å². The molecule has 0 fully saturated rings. The van der Waals surface area contributed by atoms with E-state index in [-0.39, 0.29) is 28.5 Å². The molecule has 6 heteroatoms. The van der Waals surface area contributed by atoms with Crippen LogP contribution in [0, 0.1) is 5.82 Å². The maximum atomic E-state index is 13.8. The molecule has 110 valence electrons. The summed E-state index contributed by atoms with van der Waals surface area (Å²) in [4.78, 5) is 11.1. The molecule has 0 saturated heterocycles. The second-order valence-electron chi connectivity index (χ2n) is 4.17. The maximum Gasteiger partial charge on any atom is 0.339 e. The number of carboxylic acids is 1. The number of ether oxygens (including phenoxy) is 2. The van der Waals surface area contributed by atoms with Gasteiger partial charge in [-0.3, -0.25) is 0 Å². The molecule has 0 spiro atoms. The monoisotopic (exact) mass is 310 g/mol. The smallest absolute Gasteiger partial charge is 0.339 e. The van der Waals surface area contributed by atoms with Crippen LogP contribution in [-0.4, -0.2) is 18.2 Å². The molecule has 21 heavy (non-hydrogen) atoms. The molecule has 2 aromatic carbocycles. The molecular weight excluding hydrogens is 299 g/mol. The average Bonchev–Trinajstić information content (AvgIpc) is 2.48. The Labute approximate surface area is 125 Å². The molecule has 2 aromatic rings. The lowest BCUT2D eigenvalue weighted by atomic mass is 10.2. The number of carboxylic acid groups (broad SMARTS) is 1. The number of carbonyl (C=O) groups is 1. The minimum absolute atomic E-state index is 0.0137. The van der Waals surface area contributed by atoms with Crippen LogP contribution in [0.4, 0.5) is 4.39 Å². The fourth-order valence-corrected chi connectivity index (χ4v) is 1.94. The van der Waals surface area contributed by atoms with E-state index in [1.165, 1.54) is 37.4 Å². The van der Waals surface area contributed by atoms with Gasteiger partial charge in [-0.15, -0.1) is 0 Å². The Balaban J connectivity index is 2.26. The highest BCUT2D eigenvalue weighted by Gasteiger charge is 2.14. The first-order valence-electron chi connectivity index (χ1n) is 6.00. The standard InChI is InChI=1S/C15H12ClFO4/c1-20-10-5-6-11(15(18)19)13(7-10)21-8-9-3-2-4-12(16)14(9)17/h2-7H,8H2,1H3,(H,18,19). The van der Waals surface area contributed by atoms with E-state index in [4.69, 9.17) is 26.2 Å². The van der Waals surface area contributed by atoms with Crippen molar-refractivity contribution in [3.05, 3.63) is 58.4 Å².